The minimum Gasteiger partial charge on any atom is -0.465 e. The fourth-order valence-electron chi connectivity index (χ4n) is 2.15. The molecule has 1 atom stereocenters. The van der Waals surface area contributed by atoms with Crippen LogP contribution in [0.1, 0.15) is 46.0 Å². The first-order chi connectivity index (χ1) is 10.1. The highest BCUT2D eigenvalue weighted by Crippen LogP contribution is 2.24. The molecule has 0 aromatic heterocycles. The SMILES string of the molecule is C=CCC(CCCC#N)CC(C(=O)OCC)C(=O)OCC. The number of unbranched alkanes of at least 4 members (excludes halogenated alkanes) is 1. The number of carbonyl (C=O) groups is 2. The fourth-order valence-corrected chi connectivity index (χ4v) is 2.15. The average Bonchev–Trinajstić information content (AvgIpc) is 2.45. The minimum absolute atomic E-state index is 0.120. The molecule has 118 valence electrons. The standard InChI is InChI=1S/C16H25NO4/c1-4-9-13(10-7-8-11-17)12-14(15(18)20-5-2)16(19)21-6-3/h4,13-14H,1,5-10,12H2,2-3H3. The number of rotatable bonds is 11. The molecule has 0 aliphatic rings. The van der Waals surface area contributed by atoms with Gasteiger partial charge in [-0.3, -0.25) is 9.59 Å². The van der Waals surface area contributed by atoms with Crippen molar-refractivity contribution < 1.29 is 19.1 Å². The summed E-state index contributed by atoms with van der Waals surface area (Å²) < 4.78 is 9.92. The van der Waals surface area contributed by atoms with Crippen LogP contribution in [-0.4, -0.2) is 25.2 Å². The van der Waals surface area contributed by atoms with E-state index < -0.39 is 17.9 Å². The first kappa shape index (κ1) is 19.2. The van der Waals surface area contributed by atoms with Gasteiger partial charge >= 0.3 is 11.9 Å². The molecule has 0 saturated heterocycles. The number of allylic oxidation sites excluding steroid dienone is 1. The molecule has 0 amide bonds. The van der Waals surface area contributed by atoms with Gasteiger partial charge in [0.25, 0.3) is 0 Å². The second-order valence-corrected chi connectivity index (χ2v) is 4.73. The van der Waals surface area contributed by atoms with E-state index >= 15 is 0 Å². The van der Waals surface area contributed by atoms with Crippen LogP contribution in [0.25, 0.3) is 0 Å². The molecule has 0 saturated carbocycles. The zero-order chi connectivity index (χ0) is 16.1. The van der Waals surface area contributed by atoms with Crippen LogP contribution in [0, 0.1) is 23.2 Å². The molecule has 0 aliphatic heterocycles. The number of hydrogen-bond donors (Lipinski definition) is 0. The molecule has 0 N–H and O–H groups in total. The second-order valence-electron chi connectivity index (χ2n) is 4.73. The average molecular weight is 295 g/mol. The summed E-state index contributed by atoms with van der Waals surface area (Å²) in [6.07, 6.45) is 4.82. The third kappa shape index (κ3) is 8.13. The van der Waals surface area contributed by atoms with E-state index in [-0.39, 0.29) is 19.1 Å². The van der Waals surface area contributed by atoms with Gasteiger partial charge in [-0.15, -0.1) is 6.58 Å². The lowest BCUT2D eigenvalue weighted by atomic mass is 9.88. The van der Waals surface area contributed by atoms with Crippen LogP contribution >= 0.6 is 0 Å². The molecule has 0 heterocycles. The molecule has 0 fully saturated rings. The zero-order valence-electron chi connectivity index (χ0n) is 13.0. The van der Waals surface area contributed by atoms with Gasteiger partial charge in [0.15, 0.2) is 5.92 Å². The van der Waals surface area contributed by atoms with E-state index in [4.69, 9.17) is 14.7 Å². The van der Waals surface area contributed by atoms with Crippen molar-refractivity contribution in [2.24, 2.45) is 11.8 Å². The van der Waals surface area contributed by atoms with Crippen LogP contribution in [0.2, 0.25) is 0 Å². The highest BCUT2D eigenvalue weighted by Gasteiger charge is 2.31. The predicted molar refractivity (Wildman–Crippen MR) is 79.1 cm³/mol. The lowest BCUT2D eigenvalue weighted by molar-refractivity contribution is -0.162. The maximum atomic E-state index is 11.9. The van der Waals surface area contributed by atoms with E-state index in [0.29, 0.717) is 19.3 Å². The van der Waals surface area contributed by atoms with Crippen LogP contribution in [0.5, 0.6) is 0 Å². The van der Waals surface area contributed by atoms with Crippen LogP contribution < -0.4 is 0 Å². The molecule has 21 heavy (non-hydrogen) atoms. The predicted octanol–water partition coefficient (Wildman–Crippen LogP) is 3.01. The van der Waals surface area contributed by atoms with Crippen LogP contribution in [0.15, 0.2) is 12.7 Å². The highest BCUT2D eigenvalue weighted by atomic mass is 16.6. The van der Waals surface area contributed by atoms with Gasteiger partial charge in [0, 0.05) is 6.42 Å². The molecule has 5 heteroatoms. The summed E-state index contributed by atoms with van der Waals surface area (Å²) >= 11 is 0. The summed E-state index contributed by atoms with van der Waals surface area (Å²) in [4.78, 5) is 23.9. The fraction of sp³-hybridized carbons (Fsp3) is 0.688. The summed E-state index contributed by atoms with van der Waals surface area (Å²) in [5.41, 5.74) is 0. The van der Waals surface area contributed by atoms with Crippen molar-refractivity contribution in [3.8, 4) is 6.07 Å². The molecule has 0 aliphatic carbocycles. The number of esters is 2. The number of hydrogen-bond acceptors (Lipinski definition) is 5. The van der Waals surface area contributed by atoms with Crippen LogP contribution in [-0.2, 0) is 19.1 Å². The van der Waals surface area contributed by atoms with Gasteiger partial charge in [-0.2, -0.15) is 5.26 Å². The molecule has 0 rings (SSSR count). The summed E-state index contributed by atoms with van der Waals surface area (Å²) in [6, 6.07) is 2.10. The van der Waals surface area contributed by atoms with Crippen LogP contribution in [0.3, 0.4) is 0 Å². The van der Waals surface area contributed by atoms with Crippen LogP contribution in [0.4, 0.5) is 0 Å². The van der Waals surface area contributed by atoms with Gasteiger partial charge in [-0.1, -0.05) is 6.08 Å². The normalized spacial score (nSPS) is 11.5. The monoisotopic (exact) mass is 295 g/mol. The van der Waals surface area contributed by atoms with E-state index in [1.54, 1.807) is 19.9 Å². The Morgan fingerprint density at radius 1 is 1.24 bits per heavy atom. The van der Waals surface area contributed by atoms with Gasteiger partial charge in [0.2, 0.25) is 0 Å². The highest BCUT2D eigenvalue weighted by molar-refractivity contribution is 5.94. The van der Waals surface area contributed by atoms with Gasteiger partial charge in [0.05, 0.1) is 19.3 Å². The Balaban J connectivity index is 4.77. The van der Waals surface area contributed by atoms with Crippen molar-refractivity contribution in [1.82, 2.24) is 0 Å². The zero-order valence-corrected chi connectivity index (χ0v) is 13.0. The molecule has 0 spiro atoms. The molecule has 0 aromatic carbocycles. The Hall–Kier alpha value is -1.83. The molecular formula is C16H25NO4. The van der Waals surface area contributed by atoms with Gasteiger partial charge in [-0.05, 0) is 45.4 Å². The van der Waals surface area contributed by atoms with Crippen molar-refractivity contribution in [3.63, 3.8) is 0 Å². The lowest BCUT2D eigenvalue weighted by Gasteiger charge is -2.20. The van der Waals surface area contributed by atoms with E-state index in [2.05, 4.69) is 12.6 Å². The quantitative estimate of drug-likeness (QED) is 0.253. The molecule has 5 nitrogen and oxygen atoms in total. The first-order valence-corrected chi connectivity index (χ1v) is 7.41. The van der Waals surface area contributed by atoms with E-state index in [1.807, 2.05) is 0 Å². The summed E-state index contributed by atoms with van der Waals surface area (Å²) in [7, 11) is 0. The van der Waals surface area contributed by atoms with Gasteiger partial charge < -0.3 is 9.47 Å². The Morgan fingerprint density at radius 3 is 2.24 bits per heavy atom. The largest absolute Gasteiger partial charge is 0.465 e. The smallest absolute Gasteiger partial charge is 0.320 e. The Kier molecular flexibility index (Phi) is 10.9. The molecule has 0 aromatic rings. The van der Waals surface area contributed by atoms with E-state index in [0.717, 1.165) is 12.8 Å². The van der Waals surface area contributed by atoms with Crippen molar-refractivity contribution in [2.45, 2.75) is 46.0 Å². The molecule has 0 radical (unpaired) electrons. The third-order valence-electron chi connectivity index (χ3n) is 3.11. The van der Waals surface area contributed by atoms with Crippen molar-refractivity contribution in [2.75, 3.05) is 13.2 Å². The van der Waals surface area contributed by atoms with Crippen molar-refractivity contribution in [3.05, 3.63) is 12.7 Å². The summed E-state index contributed by atoms with van der Waals surface area (Å²) in [5, 5.41) is 8.59. The molecular weight excluding hydrogens is 270 g/mol. The lowest BCUT2D eigenvalue weighted by Crippen LogP contribution is -2.30. The minimum atomic E-state index is -0.892. The van der Waals surface area contributed by atoms with Crippen molar-refractivity contribution in [1.29, 1.82) is 5.26 Å². The van der Waals surface area contributed by atoms with Gasteiger partial charge in [0.1, 0.15) is 0 Å². The maximum absolute atomic E-state index is 11.9. The third-order valence-corrected chi connectivity index (χ3v) is 3.11. The maximum Gasteiger partial charge on any atom is 0.320 e. The molecule has 1 unspecified atom stereocenters. The van der Waals surface area contributed by atoms with Gasteiger partial charge in [-0.25, -0.2) is 0 Å². The molecule has 0 bridgehead atoms. The topological polar surface area (TPSA) is 76.4 Å². The number of ether oxygens (including phenoxy) is 2. The number of carbonyl (C=O) groups excluding carboxylic acids is 2. The Labute approximate surface area is 126 Å². The first-order valence-electron chi connectivity index (χ1n) is 7.41. The Morgan fingerprint density at radius 2 is 1.81 bits per heavy atom. The Bertz CT molecular complexity index is 355. The number of nitrogens with zero attached hydrogens (tertiary/aromatic N) is 1. The second kappa shape index (κ2) is 12.0. The van der Waals surface area contributed by atoms with E-state index in [9.17, 15) is 9.59 Å². The van der Waals surface area contributed by atoms with E-state index in [1.165, 1.54) is 0 Å². The summed E-state index contributed by atoms with van der Waals surface area (Å²) in [6.45, 7) is 7.57. The van der Waals surface area contributed by atoms with Crippen molar-refractivity contribution >= 4 is 11.9 Å². The summed E-state index contributed by atoms with van der Waals surface area (Å²) in [5.74, 6) is -1.85. The number of nitriles is 1.